The molecule has 0 saturated heterocycles. The van der Waals surface area contributed by atoms with Gasteiger partial charge in [0.1, 0.15) is 5.69 Å². The van der Waals surface area contributed by atoms with Crippen molar-refractivity contribution in [3.8, 4) is 0 Å². The predicted molar refractivity (Wildman–Crippen MR) is 47.1 cm³/mol. The van der Waals surface area contributed by atoms with Gasteiger partial charge in [-0.15, -0.1) is 4.91 Å². The number of hydrogen-bond acceptors (Lipinski definition) is 3. The Morgan fingerprint density at radius 2 is 2.40 bits per heavy atom. The third-order valence-corrected chi connectivity index (χ3v) is 1.72. The van der Waals surface area contributed by atoms with Crippen LogP contribution < -0.4 is 0 Å². The van der Waals surface area contributed by atoms with E-state index < -0.39 is 0 Å². The Balaban J connectivity index is 3.21. The van der Waals surface area contributed by atoms with E-state index in [1.54, 1.807) is 19.2 Å². The Morgan fingerprint density at radius 3 is 2.90 bits per heavy atom. The first-order chi connectivity index (χ1) is 4.74. The highest BCUT2D eigenvalue weighted by molar-refractivity contribution is 14.1. The topological polar surface area (TPSA) is 42.3 Å². The van der Waals surface area contributed by atoms with Gasteiger partial charge in [0, 0.05) is 9.77 Å². The van der Waals surface area contributed by atoms with Crippen LogP contribution in [-0.4, -0.2) is 4.98 Å². The van der Waals surface area contributed by atoms with Crippen LogP contribution in [0.4, 0.5) is 5.69 Å². The van der Waals surface area contributed by atoms with Gasteiger partial charge in [0.15, 0.2) is 0 Å². The maximum atomic E-state index is 10.1. The first-order valence-electron chi connectivity index (χ1n) is 2.69. The molecule has 1 aromatic heterocycles. The summed E-state index contributed by atoms with van der Waals surface area (Å²) in [6.45, 7) is 1.76. The Bertz CT molecular complexity index is 262. The van der Waals surface area contributed by atoms with Crippen molar-refractivity contribution in [2.75, 3.05) is 0 Å². The Kier molecular flexibility index (Phi) is 2.31. The lowest BCUT2D eigenvalue weighted by Gasteiger charge is -1.93. The maximum absolute atomic E-state index is 10.1. The van der Waals surface area contributed by atoms with E-state index in [0.29, 0.717) is 11.4 Å². The molecule has 0 aliphatic heterocycles. The highest BCUT2D eigenvalue weighted by atomic mass is 127. The number of aromatic nitrogens is 1. The van der Waals surface area contributed by atoms with Gasteiger partial charge in [0.25, 0.3) is 0 Å². The van der Waals surface area contributed by atoms with Crippen molar-refractivity contribution in [3.05, 3.63) is 26.4 Å². The molecule has 0 aliphatic rings. The average Bonchev–Trinajstić information content (AvgIpc) is 1.94. The molecule has 0 atom stereocenters. The Hall–Kier alpha value is -0.520. The van der Waals surface area contributed by atoms with Gasteiger partial charge in [0.05, 0.1) is 5.69 Å². The van der Waals surface area contributed by atoms with Gasteiger partial charge in [-0.05, 0) is 40.8 Å². The number of aryl methyl sites for hydroxylation is 1. The van der Waals surface area contributed by atoms with Crippen LogP contribution in [-0.2, 0) is 0 Å². The molecular weight excluding hydrogens is 243 g/mol. The summed E-state index contributed by atoms with van der Waals surface area (Å²) in [7, 11) is 0. The fourth-order valence-electron chi connectivity index (χ4n) is 0.589. The minimum atomic E-state index is 0.423. The van der Waals surface area contributed by atoms with Crippen LogP contribution in [0, 0.1) is 15.4 Å². The van der Waals surface area contributed by atoms with Crippen molar-refractivity contribution in [2.24, 2.45) is 5.18 Å². The predicted octanol–water partition coefficient (Wildman–Crippen LogP) is 2.39. The molecule has 4 heteroatoms. The number of hydrogen-bond donors (Lipinski definition) is 0. The van der Waals surface area contributed by atoms with E-state index in [9.17, 15) is 4.91 Å². The van der Waals surface area contributed by atoms with Crippen LogP contribution >= 0.6 is 22.6 Å². The first-order valence-corrected chi connectivity index (χ1v) is 3.77. The summed E-state index contributed by atoms with van der Waals surface area (Å²) >= 11 is 2.08. The third kappa shape index (κ3) is 1.50. The van der Waals surface area contributed by atoms with E-state index in [-0.39, 0.29) is 0 Å². The number of nitrogens with zero attached hydrogens (tertiary/aromatic N) is 2. The van der Waals surface area contributed by atoms with Crippen LogP contribution in [0.2, 0.25) is 0 Å². The molecule has 0 saturated carbocycles. The summed E-state index contributed by atoms with van der Waals surface area (Å²) in [6.07, 6.45) is 1.70. The second-order valence-corrected chi connectivity index (χ2v) is 3.09. The summed E-state index contributed by atoms with van der Waals surface area (Å²) in [5.74, 6) is 0. The fraction of sp³-hybridized carbons (Fsp3) is 0.167. The van der Waals surface area contributed by atoms with Crippen molar-refractivity contribution < 1.29 is 0 Å². The molecule has 0 fully saturated rings. The highest BCUT2D eigenvalue weighted by Crippen LogP contribution is 2.17. The lowest BCUT2D eigenvalue weighted by molar-refractivity contribution is 1.17. The lowest BCUT2D eigenvalue weighted by Crippen LogP contribution is -1.81. The minimum absolute atomic E-state index is 0.423. The molecule has 0 aliphatic carbocycles. The summed E-state index contributed by atoms with van der Waals surface area (Å²) in [5, 5.41) is 2.81. The van der Waals surface area contributed by atoms with E-state index in [2.05, 4.69) is 32.8 Å². The summed E-state index contributed by atoms with van der Waals surface area (Å²) in [4.78, 5) is 14.0. The molecule has 0 spiro atoms. The van der Waals surface area contributed by atoms with E-state index >= 15 is 0 Å². The normalized spacial score (nSPS) is 9.40. The second-order valence-electron chi connectivity index (χ2n) is 1.85. The monoisotopic (exact) mass is 248 g/mol. The first kappa shape index (κ1) is 7.59. The van der Waals surface area contributed by atoms with Gasteiger partial charge < -0.3 is 0 Å². The van der Waals surface area contributed by atoms with Crippen molar-refractivity contribution in [1.29, 1.82) is 0 Å². The van der Waals surface area contributed by atoms with E-state index in [0.717, 1.165) is 3.57 Å². The molecule has 0 aromatic carbocycles. The van der Waals surface area contributed by atoms with Crippen LogP contribution in [0.25, 0.3) is 0 Å². The number of rotatable bonds is 1. The standard InChI is InChI=1S/C6H5IN2O/c1-4-6(9-10)2-5(7)3-8-4/h2-3H,1H3. The van der Waals surface area contributed by atoms with Gasteiger partial charge in [0.2, 0.25) is 0 Å². The van der Waals surface area contributed by atoms with Crippen LogP contribution in [0.1, 0.15) is 5.69 Å². The second kappa shape index (κ2) is 3.05. The van der Waals surface area contributed by atoms with Crippen LogP contribution in [0.5, 0.6) is 0 Å². The largest absolute Gasteiger partial charge is 0.258 e. The van der Waals surface area contributed by atoms with Crippen molar-refractivity contribution in [2.45, 2.75) is 6.92 Å². The summed E-state index contributed by atoms with van der Waals surface area (Å²) in [6, 6.07) is 1.70. The molecular formula is C6H5IN2O. The van der Waals surface area contributed by atoms with E-state index in [1.165, 1.54) is 0 Å². The fourth-order valence-corrected chi connectivity index (χ4v) is 1.02. The van der Waals surface area contributed by atoms with Gasteiger partial charge in [-0.25, -0.2) is 0 Å². The Morgan fingerprint density at radius 1 is 1.70 bits per heavy atom. The molecule has 0 bridgehead atoms. The molecule has 1 heterocycles. The van der Waals surface area contributed by atoms with Crippen molar-refractivity contribution in [1.82, 2.24) is 4.98 Å². The van der Waals surface area contributed by atoms with Gasteiger partial charge >= 0.3 is 0 Å². The van der Waals surface area contributed by atoms with E-state index in [1.807, 2.05) is 0 Å². The van der Waals surface area contributed by atoms with Gasteiger partial charge in [-0.3, -0.25) is 4.98 Å². The number of nitroso groups, excluding NO2 is 1. The molecule has 1 rings (SSSR count). The zero-order valence-corrected chi connectivity index (χ0v) is 7.49. The lowest BCUT2D eigenvalue weighted by atomic mass is 10.3. The van der Waals surface area contributed by atoms with Crippen molar-refractivity contribution >= 4 is 28.3 Å². The molecule has 52 valence electrons. The molecule has 0 unspecified atom stereocenters. The smallest absolute Gasteiger partial charge is 0.130 e. The summed E-state index contributed by atoms with van der Waals surface area (Å²) < 4.78 is 0.929. The maximum Gasteiger partial charge on any atom is 0.130 e. The Labute approximate surface area is 72.0 Å². The van der Waals surface area contributed by atoms with Crippen LogP contribution in [0.15, 0.2) is 17.4 Å². The SMILES string of the molecule is Cc1ncc(I)cc1N=O. The molecule has 10 heavy (non-hydrogen) atoms. The molecule has 0 radical (unpaired) electrons. The van der Waals surface area contributed by atoms with Crippen molar-refractivity contribution in [3.63, 3.8) is 0 Å². The number of pyridine rings is 1. The quantitative estimate of drug-likeness (QED) is 0.565. The molecule has 1 aromatic rings. The number of halogens is 1. The average molecular weight is 248 g/mol. The van der Waals surface area contributed by atoms with Gasteiger partial charge in [-0.2, -0.15) is 0 Å². The highest BCUT2D eigenvalue weighted by Gasteiger charge is 1.98. The summed E-state index contributed by atoms with van der Waals surface area (Å²) in [5.41, 5.74) is 1.10. The molecule has 0 amide bonds. The minimum Gasteiger partial charge on any atom is -0.258 e. The third-order valence-electron chi connectivity index (χ3n) is 1.13. The van der Waals surface area contributed by atoms with Crippen LogP contribution in [0.3, 0.4) is 0 Å². The molecule has 3 nitrogen and oxygen atoms in total. The van der Waals surface area contributed by atoms with Gasteiger partial charge in [-0.1, -0.05) is 0 Å². The zero-order valence-electron chi connectivity index (χ0n) is 5.34. The zero-order chi connectivity index (χ0) is 7.56. The molecule has 0 N–H and O–H groups in total. The van der Waals surface area contributed by atoms with E-state index in [4.69, 9.17) is 0 Å².